The van der Waals surface area contributed by atoms with E-state index < -0.39 is 0 Å². The summed E-state index contributed by atoms with van der Waals surface area (Å²) in [5, 5.41) is 3.50. The molecule has 1 N–H and O–H groups in total. The van der Waals surface area contributed by atoms with E-state index >= 15 is 0 Å². The highest BCUT2D eigenvalue weighted by Gasteiger charge is 2.30. The Kier molecular flexibility index (Phi) is 9.49. The first-order valence-corrected chi connectivity index (χ1v) is 10.5. The molecule has 7 heteroatoms. The van der Waals surface area contributed by atoms with Crippen LogP contribution in [0, 0.1) is 0 Å². The Balaban J connectivity index is 0.00000300. The molecule has 6 nitrogen and oxygen atoms in total. The molecule has 0 spiro atoms. The van der Waals surface area contributed by atoms with Crippen LogP contribution >= 0.6 is 24.0 Å². The molecule has 1 aromatic rings. The van der Waals surface area contributed by atoms with Gasteiger partial charge in [-0.3, -0.25) is 9.89 Å². The van der Waals surface area contributed by atoms with Crippen LogP contribution in [0.25, 0.3) is 0 Å². The predicted molar refractivity (Wildman–Crippen MR) is 130 cm³/mol. The molecule has 2 aliphatic rings. The van der Waals surface area contributed by atoms with Crippen LogP contribution in [0.1, 0.15) is 38.7 Å². The zero-order valence-electron chi connectivity index (χ0n) is 18.3. The van der Waals surface area contributed by atoms with Gasteiger partial charge in [-0.2, -0.15) is 0 Å². The van der Waals surface area contributed by atoms with E-state index in [9.17, 15) is 0 Å². The van der Waals surface area contributed by atoms with Crippen LogP contribution in [0.15, 0.2) is 29.3 Å². The fourth-order valence-corrected chi connectivity index (χ4v) is 4.06. The summed E-state index contributed by atoms with van der Waals surface area (Å²) in [6.45, 7) is 14.1. The monoisotopic (exact) mass is 516 g/mol. The topological polar surface area (TPSA) is 49.3 Å². The molecule has 0 aromatic heterocycles. The van der Waals surface area contributed by atoms with Crippen molar-refractivity contribution >= 4 is 29.9 Å². The summed E-state index contributed by atoms with van der Waals surface area (Å²) in [4.78, 5) is 9.93. The van der Waals surface area contributed by atoms with Crippen LogP contribution in [0.3, 0.4) is 0 Å². The number of hydrogen-bond donors (Lipinski definition) is 1. The third kappa shape index (κ3) is 6.46. The van der Waals surface area contributed by atoms with Gasteiger partial charge in [0.1, 0.15) is 5.75 Å². The van der Waals surface area contributed by atoms with Crippen molar-refractivity contribution in [3.8, 4) is 5.75 Å². The number of likely N-dealkylation sites (tertiary alicyclic amines) is 1. The number of halogens is 1. The van der Waals surface area contributed by atoms with Gasteiger partial charge in [-0.15, -0.1) is 24.0 Å². The molecule has 1 unspecified atom stereocenters. The maximum absolute atomic E-state index is 5.50. The van der Waals surface area contributed by atoms with E-state index in [0.29, 0.717) is 5.92 Å². The van der Waals surface area contributed by atoms with Crippen LogP contribution in [-0.4, -0.2) is 80.9 Å². The highest BCUT2D eigenvalue weighted by Crippen LogP contribution is 2.28. The molecule has 2 saturated heterocycles. The zero-order chi connectivity index (χ0) is 20.0. The van der Waals surface area contributed by atoms with E-state index in [1.165, 1.54) is 5.56 Å². The Morgan fingerprint density at radius 1 is 1.21 bits per heavy atom. The summed E-state index contributed by atoms with van der Waals surface area (Å²) in [7, 11) is 1.71. The molecule has 1 atom stereocenters. The molecular formula is C22H37IN4O2. The first-order valence-electron chi connectivity index (χ1n) is 10.5. The van der Waals surface area contributed by atoms with Crippen LogP contribution in [-0.2, 0) is 4.74 Å². The third-order valence-corrected chi connectivity index (χ3v) is 5.89. The number of aliphatic imine (C=N–C) groups is 1. The molecule has 0 aliphatic carbocycles. The van der Waals surface area contributed by atoms with Gasteiger partial charge in [-0.05, 0) is 44.9 Å². The number of morpholine rings is 1. The first kappa shape index (κ1) is 24.2. The Morgan fingerprint density at radius 3 is 2.52 bits per heavy atom. The number of nitrogens with zero attached hydrogens (tertiary/aromatic N) is 3. The lowest BCUT2D eigenvalue weighted by molar-refractivity contribution is -0.00688. The maximum atomic E-state index is 5.50. The summed E-state index contributed by atoms with van der Waals surface area (Å²) >= 11 is 0. The Hall–Kier alpha value is -1.06. The van der Waals surface area contributed by atoms with Gasteiger partial charge < -0.3 is 19.7 Å². The molecule has 0 radical (unpaired) electrons. The number of nitrogens with one attached hydrogen (secondary N) is 1. The summed E-state index contributed by atoms with van der Waals surface area (Å²) in [5.41, 5.74) is 1.42. The second-order valence-electron chi connectivity index (χ2n) is 8.29. The van der Waals surface area contributed by atoms with Crippen molar-refractivity contribution in [1.29, 1.82) is 0 Å². The number of ether oxygens (including phenoxy) is 2. The SMILES string of the molecule is CCNC(=NCC(C)(C)N1CCOCC1)N1CCC(c2ccc(OC)cc2)C1.I. The minimum atomic E-state index is 0. The van der Waals surface area contributed by atoms with Crippen molar-refractivity contribution in [3.05, 3.63) is 29.8 Å². The van der Waals surface area contributed by atoms with Crippen LogP contribution in [0.5, 0.6) is 5.75 Å². The Morgan fingerprint density at radius 2 is 1.90 bits per heavy atom. The summed E-state index contributed by atoms with van der Waals surface area (Å²) < 4.78 is 10.8. The molecule has 0 amide bonds. The normalized spacial score (nSPS) is 21.0. The highest BCUT2D eigenvalue weighted by molar-refractivity contribution is 14.0. The molecule has 164 valence electrons. The van der Waals surface area contributed by atoms with Gasteiger partial charge >= 0.3 is 0 Å². The number of guanidine groups is 1. The van der Waals surface area contributed by atoms with Gasteiger partial charge in [0.15, 0.2) is 5.96 Å². The molecule has 2 aliphatic heterocycles. The van der Waals surface area contributed by atoms with Gasteiger partial charge in [0, 0.05) is 44.2 Å². The molecule has 0 saturated carbocycles. The van der Waals surface area contributed by atoms with Crippen molar-refractivity contribution in [2.75, 3.05) is 59.6 Å². The van der Waals surface area contributed by atoms with E-state index in [0.717, 1.165) is 70.6 Å². The van der Waals surface area contributed by atoms with Gasteiger partial charge in [0.05, 0.1) is 26.9 Å². The molecule has 29 heavy (non-hydrogen) atoms. The zero-order valence-corrected chi connectivity index (χ0v) is 20.6. The van der Waals surface area contributed by atoms with Crippen molar-refractivity contribution in [2.45, 2.75) is 38.6 Å². The van der Waals surface area contributed by atoms with Gasteiger partial charge in [-0.1, -0.05) is 12.1 Å². The predicted octanol–water partition coefficient (Wildman–Crippen LogP) is 3.18. The number of rotatable bonds is 6. The lowest BCUT2D eigenvalue weighted by atomic mass is 9.98. The van der Waals surface area contributed by atoms with E-state index in [-0.39, 0.29) is 29.5 Å². The van der Waals surface area contributed by atoms with Gasteiger partial charge in [0.2, 0.25) is 0 Å². The molecule has 2 heterocycles. The Labute approximate surface area is 193 Å². The van der Waals surface area contributed by atoms with Crippen molar-refractivity contribution in [3.63, 3.8) is 0 Å². The van der Waals surface area contributed by atoms with Gasteiger partial charge in [-0.25, -0.2) is 0 Å². The molecule has 3 rings (SSSR count). The maximum Gasteiger partial charge on any atom is 0.194 e. The summed E-state index contributed by atoms with van der Waals surface area (Å²) in [6, 6.07) is 8.50. The molecule has 2 fully saturated rings. The number of methoxy groups -OCH3 is 1. The second-order valence-corrected chi connectivity index (χ2v) is 8.29. The summed E-state index contributed by atoms with van der Waals surface area (Å²) in [5.74, 6) is 2.50. The average molecular weight is 516 g/mol. The quantitative estimate of drug-likeness (QED) is 0.358. The summed E-state index contributed by atoms with van der Waals surface area (Å²) in [6.07, 6.45) is 1.16. The minimum Gasteiger partial charge on any atom is -0.497 e. The minimum absolute atomic E-state index is 0. The van der Waals surface area contributed by atoms with Crippen molar-refractivity contribution < 1.29 is 9.47 Å². The largest absolute Gasteiger partial charge is 0.497 e. The van der Waals surface area contributed by atoms with Crippen LogP contribution in [0.4, 0.5) is 0 Å². The first-order chi connectivity index (χ1) is 13.5. The smallest absolute Gasteiger partial charge is 0.194 e. The third-order valence-electron chi connectivity index (χ3n) is 5.89. The van der Waals surface area contributed by atoms with E-state index in [1.54, 1.807) is 7.11 Å². The van der Waals surface area contributed by atoms with E-state index in [1.807, 2.05) is 0 Å². The van der Waals surface area contributed by atoms with E-state index in [2.05, 4.69) is 60.2 Å². The lowest BCUT2D eigenvalue weighted by Crippen LogP contribution is -2.52. The van der Waals surface area contributed by atoms with Crippen LogP contribution in [0.2, 0.25) is 0 Å². The number of benzene rings is 1. The van der Waals surface area contributed by atoms with Gasteiger partial charge in [0.25, 0.3) is 0 Å². The molecular weight excluding hydrogens is 479 g/mol. The fraction of sp³-hybridized carbons (Fsp3) is 0.682. The average Bonchev–Trinajstić information content (AvgIpc) is 3.22. The molecule has 1 aromatic carbocycles. The standard InChI is InChI=1S/C22H36N4O2.HI/c1-5-23-21(24-17-22(2,3)26-12-14-28-15-13-26)25-11-10-19(16-25)18-6-8-20(27-4)9-7-18;/h6-9,19H,5,10-17H2,1-4H3,(H,23,24);1H. The highest BCUT2D eigenvalue weighted by atomic mass is 127. The van der Waals surface area contributed by atoms with Crippen LogP contribution < -0.4 is 10.1 Å². The van der Waals surface area contributed by atoms with Crippen molar-refractivity contribution in [2.24, 2.45) is 4.99 Å². The fourth-order valence-electron chi connectivity index (χ4n) is 4.06. The van der Waals surface area contributed by atoms with Crippen molar-refractivity contribution in [1.82, 2.24) is 15.1 Å². The lowest BCUT2D eigenvalue weighted by Gasteiger charge is -2.40. The van der Waals surface area contributed by atoms with E-state index in [4.69, 9.17) is 14.5 Å². The molecule has 0 bridgehead atoms. The number of hydrogen-bond acceptors (Lipinski definition) is 4. The Bertz CT molecular complexity index is 645. The second kappa shape index (κ2) is 11.4.